The Bertz CT molecular complexity index is 766. The quantitative estimate of drug-likeness (QED) is 0.589. The van der Waals surface area contributed by atoms with Gasteiger partial charge in [0.1, 0.15) is 11.6 Å². The summed E-state index contributed by atoms with van der Waals surface area (Å²) in [6.45, 7) is 10.8. The topological polar surface area (TPSA) is 60.2 Å². The predicted molar refractivity (Wildman–Crippen MR) is 124 cm³/mol. The van der Waals surface area contributed by atoms with Crippen LogP contribution in [0.4, 0.5) is 0 Å². The summed E-state index contributed by atoms with van der Waals surface area (Å²) >= 11 is 6.22. The Labute approximate surface area is 186 Å². The van der Waals surface area contributed by atoms with Gasteiger partial charge in [-0.1, -0.05) is 32.4 Å². The summed E-state index contributed by atoms with van der Waals surface area (Å²) in [6.07, 6.45) is 7.76. The molecule has 30 heavy (non-hydrogen) atoms. The maximum atomic E-state index is 7.88. The van der Waals surface area contributed by atoms with Crippen LogP contribution in [0.3, 0.4) is 0 Å². The first-order chi connectivity index (χ1) is 14.4. The maximum Gasteiger partial charge on any atom is 0.140 e. The average Bonchev–Trinajstić information content (AvgIpc) is 3.17. The van der Waals surface area contributed by atoms with Gasteiger partial charge in [0, 0.05) is 24.0 Å². The molecule has 0 aliphatic heterocycles. The van der Waals surface area contributed by atoms with Crippen molar-refractivity contribution in [2.45, 2.75) is 97.7 Å². The second-order valence-corrected chi connectivity index (χ2v) is 8.61. The fourth-order valence-electron chi connectivity index (χ4n) is 3.98. The number of ether oxygens (including phenoxy) is 1. The van der Waals surface area contributed by atoms with Crippen molar-refractivity contribution in [1.82, 2.24) is 14.8 Å². The third-order valence-corrected chi connectivity index (χ3v) is 5.70. The molecule has 1 aliphatic rings. The molecule has 168 valence electrons. The fraction of sp³-hybridized carbons (Fsp3) is 0.667. The van der Waals surface area contributed by atoms with E-state index in [0.717, 1.165) is 61.6 Å². The zero-order valence-electron chi connectivity index (χ0n) is 19.2. The Balaban J connectivity index is 0.000000735. The van der Waals surface area contributed by atoms with Crippen molar-refractivity contribution >= 4 is 11.6 Å². The molecule has 2 aromatic rings. The second-order valence-electron chi connectivity index (χ2n) is 8.17. The summed E-state index contributed by atoms with van der Waals surface area (Å²) in [5, 5.41) is 17.8. The first-order valence-electron chi connectivity index (χ1n) is 11.4. The van der Waals surface area contributed by atoms with Crippen LogP contribution in [0.2, 0.25) is 5.02 Å². The summed E-state index contributed by atoms with van der Waals surface area (Å²) in [5.41, 5.74) is 2.42. The Kier molecular flexibility index (Phi) is 10.3. The number of rotatable bonds is 7. The van der Waals surface area contributed by atoms with Crippen molar-refractivity contribution in [3.05, 3.63) is 40.4 Å². The van der Waals surface area contributed by atoms with Crippen molar-refractivity contribution in [3.63, 3.8) is 0 Å². The summed E-state index contributed by atoms with van der Waals surface area (Å²) < 4.78 is 8.29. The number of nitrogens with zero attached hydrogens (tertiary/aromatic N) is 3. The van der Waals surface area contributed by atoms with Gasteiger partial charge >= 0.3 is 0 Å². The minimum Gasteiger partial charge on any atom is -0.396 e. The lowest BCUT2D eigenvalue weighted by Gasteiger charge is -2.29. The van der Waals surface area contributed by atoms with Gasteiger partial charge in [0.25, 0.3) is 0 Å². The van der Waals surface area contributed by atoms with E-state index in [2.05, 4.69) is 54.6 Å². The van der Waals surface area contributed by atoms with Crippen LogP contribution >= 0.6 is 11.6 Å². The normalized spacial score (nSPS) is 18.9. The molecule has 1 N–H and O–H groups in total. The first-order valence-corrected chi connectivity index (χ1v) is 11.8. The van der Waals surface area contributed by atoms with Gasteiger partial charge in [-0.05, 0) is 76.1 Å². The largest absolute Gasteiger partial charge is 0.396 e. The molecule has 1 aromatic carbocycles. The third-order valence-electron chi connectivity index (χ3n) is 5.46. The van der Waals surface area contributed by atoms with Crippen LogP contribution in [-0.4, -0.2) is 38.7 Å². The van der Waals surface area contributed by atoms with E-state index in [-0.39, 0.29) is 0 Å². The zero-order valence-corrected chi connectivity index (χ0v) is 20.0. The van der Waals surface area contributed by atoms with Gasteiger partial charge in [-0.25, -0.2) is 0 Å². The standard InChI is InChI=1S/C21H30ClN3O.C3H8O/c1-5-15-13-17(22)9-12-19(15)25-20(6-2)23-24-21(25)16-7-10-18(11-8-16)26-14(3)4;1-2-3-4/h9,12-14,16,18H,5-8,10-11H2,1-4H3;4H,2-3H2,1H3. The van der Waals surface area contributed by atoms with E-state index < -0.39 is 0 Å². The van der Waals surface area contributed by atoms with Crippen LogP contribution in [0.1, 0.15) is 89.9 Å². The highest BCUT2D eigenvalue weighted by Gasteiger charge is 2.28. The first kappa shape index (κ1) is 24.8. The molecule has 3 rings (SSSR count). The molecular weight excluding hydrogens is 398 g/mol. The van der Waals surface area contributed by atoms with Crippen LogP contribution in [-0.2, 0) is 17.6 Å². The van der Waals surface area contributed by atoms with Crippen LogP contribution in [0.15, 0.2) is 18.2 Å². The molecule has 0 spiro atoms. The van der Waals surface area contributed by atoms with E-state index in [9.17, 15) is 0 Å². The molecule has 0 amide bonds. The average molecular weight is 436 g/mol. The number of halogens is 1. The lowest BCUT2D eigenvalue weighted by atomic mass is 9.86. The Morgan fingerprint density at radius 1 is 1.10 bits per heavy atom. The Hall–Kier alpha value is -1.43. The second kappa shape index (κ2) is 12.4. The highest BCUT2D eigenvalue weighted by Crippen LogP contribution is 2.35. The number of hydrogen-bond donors (Lipinski definition) is 1. The summed E-state index contributed by atoms with van der Waals surface area (Å²) in [4.78, 5) is 0. The summed E-state index contributed by atoms with van der Waals surface area (Å²) in [6, 6.07) is 6.14. The molecule has 0 unspecified atom stereocenters. The van der Waals surface area contributed by atoms with Crippen molar-refractivity contribution in [3.8, 4) is 5.69 Å². The lowest BCUT2D eigenvalue weighted by Crippen LogP contribution is -2.25. The minimum atomic E-state index is 0.299. The van der Waals surface area contributed by atoms with Crippen LogP contribution < -0.4 is 0 Å². The van der Waals surface area contributed by atoms with E-state index in [1.54, 1.807) is 0 Å². The number of aromatic nitrogens is 3. The van der Waals surface area contributed by atoms with E-state index in [0.29, 0.717) is 24.7 Å². The SMILES string of the molecule is CCCO.CCc1cc(Cl)ccc1-n1c(CC)nnc1C1CCC(OC(C)C)CC1. The van der Waals surface area contributed by atoms with Crippen LogP contribution in [0.25, 0.3) is 5.69 Å². The maximum absolute atomic E-state index is 7.88. The Morgan fingerprint density at radius 3 is 2.30 bits per heavy atom. The lowest BCUT2D eigenvalue weighted by molar-refractivity contribution is -0.0151. The van der Waals surface area contributed by atoms with Crippen LogP contribution in [0.5, 0.6) is 0 Å². The van der Waals surface area contributed by atoms with E-state index >= 15 is 0 Å². The van der Waals surface area contributed by atoms with E-state index in [4.69, 9.17) is 21.4 Å². The number of hydrogen-bond acceptors (Lipinski definition) is 4. The summed E-state index contributed by atoms with van der Waals surface area (Å²) in [5.74, 6) is 2.56. The molecule has 0 atom stereocenters. The van der Waals surface area contributed by atoms with Crippen molar-refractivity contribution < 1.29 is 9.84 Å². The third kappa shape index (κ3) is 6.53. The molecular formula is C24H38ClN3O2. The molecule has 6 heteroatoms. The van der Waals surface area contributed by atoms with Gasteiger partial charge < -0.3 is 9.84 Å². The minimum absolute atomic E-state index is 0.299. The van der Waals surface area contributed by atoms with Gasteiger partial charge in [-0.3, -0.25) is 4.57 Å². The van der Waals surface area contributed by atoms with Gasteiger partial charge in [0.2, 0.25) is 0 Å². The van der Waals surface area contributed by atoms with Gasteiger partial charge in [0.05, 0.1) is 17.9 Å². The molecule has 1 heterocycles. The number of aryl methyl sites for hydroxylation is 2. The molecule has 1 aliphatic carbocycles. The Morgan fingerprint density at radius 2 is 1.77 bits per heavy atom. The predicted octanol–water partition coefficient (Wildman–Crippen LogP) is 5.89. The highest BCUT2D eigenvalue weighted by atomic mass is 35.5. The van der Waals surface area contributed by atoms with E-state index in [1.165, 1.54) is 11.3 Å². The van der Waals surface area contributed by atoms with Gasteiger partial charge in [-0.2, -0.15) is 0 Å². The zero-order chi connectivity index (χ0) is 22.1. The van der Waals surface area contributed by atoms with Gasteiger partial charge in [0.15, 0.2) is 0 Å². The van der Waals surface area contributed by atoms with Crippen molar-refractivity contribution in [2.75, 3.05) is 6.61 Å². The monoisotopic (exact) mass is 435 g/mol. The molecule has 0 bridgehead atoms. The number of benzene rings is 1. The van der Waals surface area contributed by atoms with Crippen molar-refractivity contribution in [1.29, 1.82) is 0 Å². The molecule has 5 nitrogen and oxygen atoms in total. The van der Waals surface area contributed by atoms with Crippen LogP contribution in [0, 0.1) is 0 Å². The fourth-order valence-corrected chi connectivity index (χ4v) is 4.18. The number of aliphatic hydroxyl groups excluding tert-OH is 1. The molecule has 1 aromatic heterocycles. The molecule has 1 saturated carbocycles. The number of aliphatic hydroxyl groups is 1. The highest BCUT2D eigenvalue weighted by molar-refractivity contribution is 6.30. The van der Waals surface area contributed by atoms with Gasteiger partial charge in [-0.15, -0.1) is 10.2 Å². The van der Waals surface area contributed by atoms with Crippen molar-refractivity contribution in [2.24, 2.45) is 0 Å². The molecule has 0 radical (unpaired) electrons. The summed E-state index contributed by atoms with van der Waals surface area (Å²) in [7, 11) is 0. The van der Waals surface area contributed by atoms with E-state index in [1.807, 2.05) is 13.0 Å². The molecule has 1 fully saturated rings. The molecule has 0 saturated heterocycles. The smallest absolute Gasteiger partial charge is 0.140 e.